The van der Waals surface area contributed by atoms with E-state index in [9.17, 15) is 13.6 Å². The van der Waals surface area contributed by atoms with E-state index in [0.717, 1.165) is 12.4 Å². The summed E-state index contributed by atoms with van der Waals surface area (Å²) >= 11 is 6.11. The standard InChI is InChI=1S/C10H11BrFNO2.C5H3BrFN.B12/c1-10(2,3)15-9(14)8-6(11)4-13-5-7(8)12;6-4-1-5(7)3-8-2-4;1-8(2)11(7)12(9(3)4)10(5)6/h4-5H,1-3H3;1-3H;. The smallest absolute Gasteiger partial charge is 0.342 e. The van der Waals surface area contributed by atoms with Crippen molar-refractivity contribution in [1.29, 1.82) is 0 Å². The first kappa shape index (κ1) is 34.4. The molecule has 0 saturated heterocycles. The van der Waals surface area contributed by atoms with E-state index in [1.54, 1.807) is 20.8 Å². The summed E-state index contributed by atoms with van der Waals surface area (Å²) in [6.07, 6.45) is 1.79. The molecule has 0 bridgehead atoms. The molecule has 0 saturated carbocycles. The normalized spacial score (nSPS) is 9.91. The van der Waals surface area contributed by atoms with Crippen LogP contribution in [0.15, 0.2) is 39.8 Å². The molecule has 0 spiro atoms. The van der Waals surface area contributed by atoms with Crippen LogP contribution in [-0.4, -0.2) is 108 Å². The SMILES string of the molecule is CC(C)(C)OC(=O)c1c(F)cncc1Br.Fc1cncc(Br)c1.[B]B([B])B([B])B(B([B])[B])B([B])[B]. The molecule has 14 radical (unpaired) electrons. The lowest BCUT2D eigenvalue weighted by atomic mass is 8.53. The first-order valence-corrected chi connectivity index (χ1v) is 11.6. The second-order valence-electron chi connectivity index (χ2n) is 8.19. The molecule has 0 atom stereocenters. The Hall–Kier alpha value is -0.631. The van der Waals surface area contributed by atoms with E-state index in [1.807, 2.05) is 0 Å². The van der Waals surface area contributed by atoms with E-state index < -0.39 is 49.3 Å². The van der Waals surface area contributed by atoms with Crippen LogP contribution in [-0.2, 0) is 4.74 Å². The third-order valence-corrected chi connectivity index (χ3v) is 4.94. The van der Waals surface area contributed by atoms with Crippen LogP contribution in [0.25, 0.3) is 0 Å². The van der Waals surface area contributed by atoms with Crippen LogP contribution in [0, 0.1) is 11.6 Å². The number of pyridine rings is 2. The van der Waals surface area contributed by atoms with Crippen LogP contribution in [0.2, 0.25) is 0 Å². The Balaban J connectivity index is 0.000000518. The van der Waals surface area contributed by atoms with Crippen LogP contribution in [0.1, 0.15) is 31.1 Å². The maximum absolute atomic E-state index is 13.3. The third kappa shape index (κ3) is 14.0. The number of esters is 1. The Labute approximate surface area is 234 Å². The van der Waals surface area contributed by atoms with Gasteiger partial charge in [-0.2, -0.15) is 0 Å². The van der Waals surface area contributed by atoms with Gasteiger partial charge in [-0.3, -0.25) is 9.97 Å². The minimum Gasteiger partial charge on any atom is -0.456 e. The molecule has 0 unspecified atom stereocenters. The lowest BCUT2D eigenvalue weighted by molar-refractivity contribution is 0.00633. The van der Waals surface area contributed by atoms with Crippen molar-refractivity contribution in [2.75, 3.05) is 0 Å². The highest BCUT2D eigenvalue weighted by atomic mass is 79.9. The molecule has 0 aromatic carbocycles. The van der Waals surface area contributed by atoms with E-state index in [0.29, 0.717) is 4.47 Å². The molecule has 2 aromatic heterocycles. The van der Waals surface area contributed by atoms with Gasteiger partial charge in [-0.25, -0.2) is 13.6 Å². The van der Waals surface area contributed by atoms with Crippen LogP contribution in [0.3, 0.4) is 0 Å². The zero-order valence-electron chi connectivity index (χ0n) is 19.5. The molecule has 0 aliphatic heterocycles. The van der Waals surface area contributed by atoms with E-state index in [2.05, 4.69) is 41.8 Å². The summed E-state index contributed by atoms with van der Waals surface area (Å²) in [5, 5.41) is 0. The second-order valence-corrected chi connectivity index (χ2v) is 9.96. The Bertz CT molecular complexity index is 898. The highest BCUT2D eigenvalue weighted by Gasteiger charge is 2.30. The number of rotatable bonds is 5. The predicted molar refractivity (Wildman–Crippen MR) is 158 cm³/mol. The molecule has 4 nitrogen and oxygen atoms in total. The average Bonchev–Trinajstić information content (AvgIpc) is 2.66. The minimum atomic E-state index is -0.723. The first-order valence-electron chi connectivity index (χ1n) is 10.0. The lowest BCUT2D eigenvalue weighted by Gasteiger charge is -2.29. The number of hydrogen-bond donors (Lipinski definition) is 0. The third-order valence-electron chi connectivity index (χ3n) is 3.91. The Morgan fingerprint density at radius 3 is 1.71 bits per heavy atom. The molecule has 2 aromatic rings. The van der Waals surface area contributed by atoms with Gasteiger partial charge in [0.05, 0.1) is 16.9 Å². The fourth-order valence-corrected chi connectivity index (χ4v) is 3.15. The van der Waals surface area contributed by atoms with Gasteiger partial charge in [-0.05, 0) is 58.7 Å². The molecule has 35 heavy (non-hydrogen) atoms. The number of carbonyl (C=O) groups is 1. The molecule has 0 fully saturated rings. The monoisotopic (exact) mass is 582 g/mol. The summed E-state index contributed by atoms with van der Waals surface area (Å²) in [6, 6.07) is 1.35. The van der Waals surface area contributed by atoms with Gasteiger partial charge in [0, 0.05) is 103 Å². The van der Waals surface area contributed by atoms with Gasteiger partial charge < -0.3 is 4.74 Å². The van der Waals surface area contributed by atoms with Gasteiger partial charge in [-0.15, -0.1) is 0 Å². The van der Waals surface area contributed by atoms with Gasteiger partial charge in [0.1, 0.15) is 17.0 Å². The summed E-state index contributed by atoms with van der Waals surface area (Å²) in [7, 11) is 37.9. The summed E-state index contributed by atoms with van der Waals surface area (Å²) in [4.78, 5) is 18.7. The van der Waals surface area contributed by atoms with Crippen molar-refractivity contribution < 1.29 is 18.3 Å². The quantitative estimate of drug-likeness (QED) is 0.378. The van der Waals surface area contributed by atoms with Crippen molar-refractivity contribution in [3.05, 3.63) is 57.0 Å². The fourth-order valence-electron chi connectivity index (χ4n) is 2.35. The first-order chi connectivity index (χ1) is 16.0. The maximum atomic E-state index is 13.3. The van der Waals surface area contributed by atoms with Crippen LogP contribution in [0.5, 0.6) is 0 Å². The van der Waals surface area contributed by atoms with E-state index in [1.165, 1.54) is 18.5 Å². The highest BCUT2D eigenvalue weighted by molar-refractivity contribution is 9.10. The summed E-state index contributed by atoms with van der Waals surface area (Å²) in [5.41, 5.74) is -0.772. The Kier molecular flexibility index (Phi) is 16.0. The fraction of sp³-hybridized carbons (Fsp3) is 0.267. The second kappa shape index (κ2) is 16.3. The number of carbonyl (C=O) groups excluding carboxylic acids is 1. The molecule has 0 aliphatic carbocycles. The predicted octanol–water partition coefficient (Wildman–Crippen LogP) is 0.352. The van der Waals surface area contributed by atoms with Crippen LogP contribution in [0.4, 0.5) is 8.78 Å². The largest absolute Gasteiger partial charge is 0.456 e. The van der Waals surface area contributed by atoms with Crippen molar-refractivity contribution in [3.8, 4) is 0 Å². The molecular weight excluding hydrogens is 568 g/mol. The van der Waals surface area contributed by atoms with E-state index >= 15 is 0 Å². The van der Waals surface area contributed by atoms with Crippen molar-refractivity contribution in [2.24, 2.45) is 0 Å². The van der Waals surface area contributed by atoms with Gasteiger partial charge >= 0.3 is 5.97 Å². The molecule has 160 valence electrons. The molecule has 20 heteroatoms. The number of ether oxygens (including phenoxy) is 1. The van der Waals surface area contributed by atoms with Crippen molar-refractivity contribution >= 4 is 124 Å². The molecule has 0 amide bonds. The van der Waals surface area contributed by atoms with Gasteiger partial charge in [0.15, 0.2) is 5.82 Å². The zero-order valence-corrected chi connectivity index (χ0v) is 22.7. The summed E-state index contributed by atoms with van der Waals surface area (Å²) in [6.45, 7) is 5.16. The number of nitrogens with zero attached hydrogens (tertiary/aromatic N) is 2. The van der Waals surface area contributed by atoms with Gasteiger partial charge in [0.25, 0.3) is 0 Å². The number of hydrogen-bond acceptors (Lipinski definition) is 4. The van der Waals surface area contributed by atoms with Crippen LogP contribution >= 0.6 is 31.9 Å². The summed E-state index contributed by atoms with van der Waals surface area (Å²) < 4.78 is 31.4. The topological polar surface area (TPSA) is 52.1 Å². The van der Waals surface area contributed by atoms with Crippen molar-refractivity contribution in [3.63, 3.8) is 0 Å². The van der Waals surface area contributed by atoms with E-state index in [4.69, 9.17) is 58.9 Å². The average molecular weight is 582 g/mol. The van der Waals surface area contributed by atoms with E-state index in [-0.39, 0.29) is 15.9 Å². The summed E-state index contributed by atoms with van der Waals surface area (Å²) in [5.74, 6) is -1.72. The molecule has 2 rings (SSSR count). The molecular formula is C15H14B12Br2F2N2O2. The minimum absolute atomic E-state index is 0.125. The van der Waals surface area contributed by atoms with Gasteiger partial charge in [-0.1, -0.05) is 0 Å². The van der Waals surface area contributed by atoms with Crippen molar-refractivity contribution in [1.82, 2.24) is 9.97 Å². The Morgan fingerprint density at radius 2 is 1.40 bits per heavy atom. The van der Waals surface area contributed by atoms with Gasteiger partial charge in [0.2, 0.25) is 0 Å². The number of aromatic nitrogens is 2. The molecule has 0 N–H and O–H groups in total. The maximum Gasteiger partial charge on any atom is 0.342 e. The number of halogens is 4. The molecule has 2 heterocycles. The Morgan fingerprint density at radius 1 is 0.886 bits per heavy atom. The highest BCUT2D eigenvalue weighted by Crippen LogP contribution is 2.21. The molecule has 0 aliphatic rings. The zero-order chi connectivity index (χ0) is 27.5. The van der Waals surface area contributed by atoms with Crippen LogP contribution < -0.4 is 0 Å². The lowest BCUT2D eigenvalue weighted by Crippen LogP contribution is -2.67. The van der Waals surface area contributed by atoms with Crippen molar-refractivity contribution in [2.45, 2.75) is 26.4 Å².